The van der Waals surface area contributed by atoms with Gasteiger partial charge in [0.1, 0.15) is 12.4 Å². The van der Waals surface area contributed by atoms with E-state index >= 15 is 0 Å². The van der Waals surface area contributed by atoms with Crippen molar-refractivity contribution in [3.63, 3.8) is 0 Å². The lowest BCUT2D eigenvalue weighted by atomic mass is 9.87. The zero-order valence-electron chi connectivity index (χ0n) is 20.0. The Bertz CT molecular complexity index is 947. The molecule has 34 heavy (non-hydrogen) atoms. The lowest BCUT2D eigenvalue weighted by Crippen LogP contribution is -2.38. The molecule has 1 N–H and O–H groups in total. The molecule has 2 saturated heterocycles. The molecule has 2 aromatic carbocycles. The molecule has 182 valence electrons. The number of hydrogen-bond donors (Lipinski definition) is 1. The Balaban J connectivity index is 1.12. The molecule has 5 rings (SSSR count). The number of benzene rings is 2. The van der Waals surface area contributed by atoms with E-state index in [-0.39, 0.29) is 18.2 Å². The number of nitrogens with zero attached hydrogens (tertiary/aromatic N) is 1. The minimum Gasteiger partial charge on any atom is -0.488 e. The summed E-state index contributed by atoms with van der Waals surface area (Å²) >= 11 is 0. The number of likely N-dealkylation sites (tertiary alicyclic amines) is 1. The predicted molar refractivity (Wildman–Crippen MR) is 131 cm³/mol. The number of aryl methyl sites for hydroxylation is 1. The fourth-order valence-electron chi connectivity index (χ4n) is 5.22. The fourth-order valence-corrected chi connectivity index (χ4v) is 5.22. The van der Waals surface area contributed by atoms with Crippen molar-refractivity contribution in [3.05, 3.63) is 64.7 Å². The average molecular weight is 465 g/mol. The van der Waals surface area contributed by atoms with Crippen molar-refractivity contribution in [2.75, 3.05) is 32.9 Å². The van der Waals surface area contributed by atoms with E-state index in [0.717, 1.165) is 25.8 Å². The molecular formula is C28H36N2O4. The van der Waals surface area contributed by atoms with Crippen molar-refractivity contribution in [1.82, 2.24) is 10.2 Å². The Kier molecular flexibility index (Phi) is 7.79. The van der Waals surface area contributed by atoms with Gasteiger partial charge in [0.05, 0.1) is 13.2 Å². The smallest absolute Gasteiger partial charge is 0.251 e. The molecule has 0 radical (unpaired) electrons. The van der Waals surface area contributed by atoms with E-state index in [2.05, 4.69) is 28.4 Å². The van der Waals surface area contributed by atoms with Gasteiger partial charge >= 0.3 is 0 Å². The second-order valence-electron chi connectivity index (χ2n) is 9.71. The maximum absolute atomic E-state index is 12.8. The highest BCUT2D eigenvalue weighted by Crippen LogP contribution is 2.24. The Morgan fingerprint density at radius 3 is 2.50 bits per heavy atom. The summed E-state index contributed by atoms with van der Waals surface area (Å²) in [5.74, 6) is 0.679. The van der Waals surface area contributed by atoms with Crippen LogP contribution < -0.4 is 10.1 Å². The molecule has 0 aromatic heterocycles. The zero-order valence-corrected chi connectivity index (χ0v) is 20.0. The van der Waals surface area contributed by atoms with Gasteiger partial charge in [-0.3, -0.25) is 9.69 Å². The van der Waals surface area contributed by atoms with Crippen molar-refractivity contribution in [2.24, 2.45) is 0 Å². The van der Waals surface area contributed by atoms with E-state index in [9.17, 15) is 4.79 Å². The van der Waals surface area contributed by atoms with E-state index in [4.69, 9.17) is 14.2 Å². The Morgan fingerprint density at radius 2 is 1.74 bits per heavy atom. The minimum absolute atomic E-state index is 0.0276. The summed E-state index contributed by atoms with van der Waals surface area (Å²) in [6.45, 7) is 5.08. The van der Waals surface area contributed by atoms with Gasteiger partial charge in [-0.25, -0.2) is 0 Å². The van der Waals surface area contributed by atoms with Crippen LogP contribution in [0.15, 0.2) is 42.5 Å². The van der Waals surface area contributed by atoms with Crippen molar-refractivity contribution in [1.29, 1.82) is 0 Å². The minimum atomic E-state index is -0.303. The van der Waals surface area contributed by atoms with Crippen LogP contribution in [0, 0.1) is 0 Å². The first-order chi connectivity index (χ1) is 16.7. The summed E-state index contributed by atoms with van der Waals surface area (Å²) in [5.41, 5.74) is 4.90. The highest BCUT2D eigenvalue weighted by molar-refractivity contribution is 5.94. The molecule has 6 heteroatoms. The number of rotatable bonds is 7. The predicted octanol–water partition coefficient (Wildman–Crippen LogP) is 4.10. The third-order valence-electron chi connectivity index (χ3n) is 7.13. The van der Waals surface area contributed by atoms with Crippen LogP contribution in [0.4, 0.5) is 0 Å². The first-order valence-electron chi connectivity index (χ1n) is 12.8. The van der Waals surface area contributed by atoms with Crippen LogP contribution in [0.3, 0.4) is 0 Å². The molecule has 2 heterocycles. The van der Waals surface area contributed by atoms with Crippen LogP contribution in [0.5, 0.6) is 5.75 Å². The third-order valence-corrected chi connectivity index (χ3v) is 7.13. The van der Waals surface area contributed by atoms with Crippen molar-refractivity contribution >= 4 is 5.91 Å². The number of carbonyl (C=O) groups excluding carboxylic acids is 1. The lowest BCUT2D eigenvalue weighted by molar-refractivity contribution is -0.0684. The Morgan fingerprint density at radius 1 is 0.971 bits per heavy atom. The van der Waals surface area contributed by atoms with Gasteiger partial charge in [0.2, 0.25) is 0 Å². The molecule has 1 atom stereocenters. The molecule has 2 aromatic rings. The maximum atomic E-state index is 12.8. The topological polar surface area (TPSA) is 60.0 Å². The van der Waals surface area contributed by atoms with E-state index < -0.39 is 0 Å². The van der Waals surface area contributed by atoms with Crippen LogP contribution in [0.25, 0.3) is 0 Å². The zero-order chi connectivity index (χ0) is 23.2. The summed E-state index contributed by atoms with van der Waals surface area (Å²) in [4.78, 5) is 15.4. The van der Waals surface area contributed by atoms with Gasteiger partial charge in [-0.2, -0.15) is 0 Å². The number of carbonyl (C=O) groups is 1. The number of nitrogens with one attached hydrogen (secondary N) is 1. The van der Waals surface area contributed by atoms with Gasteiger partial charge < -0.3 is 19.5 Å². The van der Waals surface area contributed by atoms with Gasteiger partial charge in [0, 0.05) is 18.2 Å². The average Bonchev–Trinajstić information content (AvgIpc) is 3.26. The van der Waals surface area contributed by atoms with Gasteiger partial charge in [0.15, 0.2) is 6.29 Å². The normalized spacial score (nSPS) is 21.6. The number of hydrogen-bond acceptors (Lipinski definition) is 5. The summed E-state index contributed by atoms with van der Waals surface area (Å²) in [7, 11) is 0. The molecule has 0 bridgehead atoms. The van der Waals surface area contributed by atoms with Crippen LogP contribution >= 0.6 is 0 Å². The van der Waals surface area contributed by atoms with Crippen LogP contribution in [-0.4, -0.2) is 56.0 Å². The van der Waals surface area contributed by atoms with E-state index in [0.29, 0.717) is 31.1 Å². The Hall–Kier alpha value is -2.41. The molecule has 0 saturated carbocycles. The second-order valence-corrected chi connectivity index (χ2v) is 9.71. The first kappa shape index (κ1) is 23.3. The third kappa shape index (κ3) is 6.17. The molecule has 1 aliphatic carbocycles. The van der Waals surface area contributed by atoms with Gasteiger partial charge in [-0.15, -0.1) is 0 Å². The fraction of sp³-hybridized carbons (Fsp3) is 0.536. The molecule has 3 aliphatic rings. The maximum Gasteiger partial charge on any atom is 0.251 e. The SMILES string of the molecule is O=C(N[C@H]1CCc2cc(CN3CCCCCC3)ccc2C1)c1ccc(OCC2OCCO2)cc1. The van der Waals surface area contributed by atoms with Gasteiger partial charge in [0.25, 0.3) is 5.91 Å². The van der Waals surface area contributed by atoms with Crippen LogP contribution in [-0.2, 0) is 28.9 Å². The van der Waals surface area contributed by atoms with Crippen molar-refractivity contribution in [3.8, 4) is 5.75 Å². The van der Waals surface area contributed by atoms with Crippen LogP contribution in [0.2, 0.25) is 0 Å². The molecule has 1 amide bonds. The number of amides is 1. The molecule has 6 nitrogen and oxygen atoms in total. The monoisotopic (exact) mass is 464 g/mol. The highest BCUT2D eigenvalue weighted by Gasteiger charge is 2.22. The van der Waals surface area contributed by atoms with E-state index in [1.54, 1.807) is 0 Å². The molecule has 0 unspecified atom stereocenters. The summed E-state index contributed by atoms with van der Waals surface area (Å²) in [6, 6.07) is 14.4. The van der Waals surface area contributed by atoms with Crippen molar-refractivity contribution in [2.45, 2.75) is 63.8 Å². The van der Waals surface area contributed by atoms with E-state index in [1.807, 2.05) is 24.3 Å². The summed E-state index contributed by atoms with van der Waals surface area (Å²) in [5, 5.41) is 3.23. The highest BCUT2D eigenvalue weighted by atomic mass is 16.7. The largest absolute Gasteiger partial charge is 0.488 e. The first-order valence-corrected chi connectivity index (χ1v) is 12.8. The van der Waals surface area contributed by atoms with Gasteiger partial charge in [-0.05, 0) is 86.1 Å². The Labute approximate surface area is 202 Å². The molecule has 2 aliphatic heterocycles. The van der Waals surface area contributed by atoms with E-state index in [1.165, 1.54) is 55.5 Å². The molecular weight excluding hydrogens is 428 g/mol. The van der Waals surface area contributed by atoms with Crippen molar-refractivity contribution < 1.29 is 19.0 Å². The number of ether oxygens (including phenoxy) is 3. The summed E-state index contributed by atoms with van der Waals surface area (Å²) < 4.78 is 16.4. The standard InChI is InChI=1S/C28H36N2O4/c31-28(22-8-11-26(12-9-22)34-20-27-32-15-16-33-27)29-25-10-7-23-17-21(5-6-24(23)18-25)19-30-13-3-1-2-4-14-30/h5-6,8-9,11-12,17,25,27H,1-4,7,10,13-16,18-20H2,(H,29,31)/t25-/m0/s1. The van der Waals surface area contributed by atoms with Crippen LogP contribution in [0.1, 0.15) is 59.2 Å². The van der Waals surface area contributed by atoms with Gasteiger partial charge in [-0.1, -0.05) is 31.0 Å². The summed E-state index contributed by atoms with van der Waals surface area (Å²) in [6.07, 6.45) is 7.99. The number of fused-ring (bicyclic) bond motifs is 1. The lowest BCUT2D eigenvalue weighted by Gasteiger charge is -2.27. The molecule has 0 spiro atoms. The second kappa shape index (κ2) is 11.3. The quantitative estimate of drug-likeness (QED) is 0.669. The molecule has 2 fully saturated rings.